The van der Waals surface area contributed by atoms with Crippen LogP contribution in [0.5, 0.6) is 0 Å². The van der Waals surface area contributed by atoms with Crippen LogP contribution in [0.15, 0.2) is 42.5 Å². The number of amides is 1. The first-order valence-electron chi connectivity index (χ1n) is 11.2. The monoisotopic (exact) mass is 467 g/mol. The van der Waals surface area contributed by atoms with Gasteiger partial charge in [0.05, 0.1) is 18.7 Å². The Morgan fingerprint density at radius 1 is 1.15 bits per heavy atom. The number of nitrogens with one attached hydrogen (secondary N) is 1. The van der Waals surface area contributed by atoms with Gasteiger partial charge in [0, 0.05) is 27.5 Å². The Bertz CT molecular complexity index is 1150. The fourth-order valence-electron chi connectivity index (χ4n) is 4.06. The first kappa shape index (κ1) is 24.5. The summed E-state index contributed by atoms with van der Waals surface area (Å²) in [5, 5.41) is 17.7. The third-order valence-corrected chi connectivity index (χ3v) is 5.75. The molecular weight excluding hydrogens is 438 g/mol. The van der Waals surface area contributed by atoms with Crippen molar-refractivity contribution in [2.45, 2.75) is 59.4 Å². The lowest BCUT2D eigenvalue weighted by Gasteiger charge is -2.13. The molecule has 1 amide bonds. The zero-order chi connectivity index (χ0) is 24.1. The Balaban J connectivity index is 1.80. The van der Waals surface area contributed by atoms with Crippen molar-refractivity contribution < 1.29 is 14.7 Å². The van der Waals surface area contributed by atoms with Crippen molar-refractivity contribution in [1.82, 2.24) is 9.78 Å². The highest BCUT2D eigenvalue weighted by atomic mass is 35.5. The van der Waals surface area contributed by atoms with Crippen LogP contribution in [-0.2, 0) is 24.2 Å². The number of benzene rings is 2. The lowest BCUT2D eigenvalue weighted by molar-refractivity contribution is -0.136. The number of rotatable bonds is 9. The lowest BCUT2D eigenvalue weighted by Crippen LogP contribution is -2.13. The number of nitrogens with zero attached hydrogens (tertiary/aromatic N) is 2. The summed E-state index contributed by atoms with van der Waals surface area (Å²) in [4.78, 5) is 24.1. The summed E-state index contributed by atoms with van der Waals surface area (Å²) >= 11 is 5.98. The van der Waals surface area contributed by atoms with Crippen molar-refractivity contribution in [2.75, 3.05) is 5.32 Å². The maximum absolute atomic E-state index is 12.6. The molecule has 0 saturated carbocycles. The van der Waals surface area contributed by atoms with Gasteiger partial charge in [-0.1, -0.05) is 50.9 Å². The molecule has 3 aromatic rings. The van der Waals surface area contributed by atoms with Gasteiger partial charge < -0.3 is 10.4 Å². The van der Waals surface area contributed by atoms with Crippen molar-refractivity contribution in [1.29, 1.82) is 0 Å². The molecule has 0 atom stereocenters. The van der Waals surface area contributed by atoms with Crippen LogP contribution >= 0.6 is 11.6 Å². The quantitative estimate of drug-likeness (QED) is 0.413. The predicted molar refractivity (Wildman–Crippen MR) is 131 cm³/mol. The van der Waals surface area contributed by atoms with Crippen LogP contribution in [0.3, 0.4) is 0 Å². The van der Waals surface area contributed by atoms with Gasteiger partial charge in [-0.05, 0) is 60.7 Å². The van der Waals surface area contributed by atoms with E-state index in [0.717, 1.165) is 40.9 Å². The molecule has 33 heavy (non-hydrogen) atoms. The number of aryl methyl sites for hydroxylation is 2. The van der Waals surface area contributed by atoms with Crippen molar-refractivity contribution in [3.05, 3.63) is 81.1 Å². The molecule has 0 saturated heterocycles. The molecule has 0 unspecified atom stereocenters. The second kappa shape index (κ2) is 10.7. The Hall–Kier alpha value is -3.12. The minimum Gasteiger partial charge on any atom is -0.481 e. The number of carbonyl (C=O) groups excluding carboxylic acids is 1. The zero-order valence-electron chi connectivity index (χ0n) is 19.5. The van der Waals surface area contributed by atoms with Gasteiger partial charge >= 0.3 is 5.97 Å². The molecular formula is C26H30ClN3O3. The van der Waals surface area contributed by atoms with E-state index in [9.17, 15) is 14.7 Å². The van der Waals surface area contributed by atoms with E-state index in [0.29, 0.717) is 22.8 Å². The number of aromatic nitrogens is 2. The van der Waals surface area contributed by atoms with Gasteiger partial charge in [-0.2, -0.15) is 5.10 Å². The first-order valence-corrected chi connectivity index (χ1v) is 11.5. The summed E-state index contributed by atoms with van der Waals surface area (Å²) < 4.78 is 1.93. The fraction of sp³-hybridized carbons (Fsp3) is 0.346. The van der Waals surface area contributed by atoms with E-state index in [-0.39, 0.29) is 18.2 Å². The number of carboxylic acids is 1. The second-order valence-corrected chi connectivity index (χ2v) is 8.99. The van der Waals surface area contributed by atoms with Gasteiger partial charge in [0.25, 0.3) is 5.91 Å². The predicted octanol–water partition coefficient (Wildman–Crippen LogP) is 5.85. The van der Waals surface area contributed by atoms with Crippen molar-refractivity contribution in [3.63, 3.8) is 0 Å². The highest BCUT2D eigenvalue weighted by molar-refractivity contribution is 6.30. The van der Waals surface area contributed by atoms with Crippen LogP contribution in [-0.4, -0.2) is 26.8 Å². The molecule has 3 rings (SSSR count). The van der Waals surface area contributed by atoms with Crippen LogP contribution in [0.4, 0.5) is 5.69 Å². The average molecular weight is 468 g/mol. The summed E-state index contributed by atoms with van der Waals surface area (Å²) in [6, 6.07) is 12.8. The molecule has 0 aliphatic rings. The molecule has 6 nitrogen and oxygen atoms in total. The largest absolute Gasteiger partial charge is 0.481 e. The van der Waals surface area contributed by atoms with E-state index in [4.69, 9.17) is 16.7 Å². The van der Waals surface area contributed by atoms with Crippen molar-refractivity contribution in [2.24, 2.45) is 0 Å². The zero-order valence-corrected chi connectivity index (χ0v) is 20.2. The summed E-state index contributed by atoms with van der Waals surface area (Å²) in [7, 11) is 0. The summed E-state index contributed by atoms with van der Waals surface area (Å²) in [5.41, 5.74) is 5.78. The number of hydrogen-bond donors (Lipinski definition) is 2. The van der Waals surface area contributed by atoms with Gasteiger partial charge in [0.2, 0.25) is 0 Å². The van der Waals surface area contributed by atoms with Crippen molar-refractivity contribution in [3.8, 4) is 0 Å². The van der Waals surface area contributed by atoms with Gasteiger partial charge in [-0.3, -0.25) is 14.3 Å². The van der Waals surface area contributed by atoms with Gasteiger partial charge in [-0.15, -0.1) is 0 Å². The first-order chi connectivity index (χ1) is 15.7. The summed E-state index contributed by atoms with van der Waals surface area (Å²) in [6.45, 7) is 8.58. The summed E-state index contributed by atoms with van der Waals surface area (Å²) in [6.07, 6.45) is 1.64. The molecule has 0 bridgehead atoms. The van der Waals surface area contributed by atoms with Crippen molar-refractivity contribution >= 4 is 29.2 Å². The molecule has 1 aromatic heterocycles. The van der Waals surface area contributed by atoms with Crippen LogP contribution in [0.2, 0.25) is 5.02 Å². The minimum atomic E-state index is -0.843. The minimum absolute atomic E-state index is 0.0159. The highest BCUT2D eigenvalue weighted by Gasteiger charge is 2.22. The molecule has 0 aliphatic heterocycles. The van der Waals surface area contributed by atoms with Gasteiger partial charge in [-0.25, -0.2) is 0 Å². The van der Waals surface area contributed by atoms with Gasteiger partial charge in [0.1, 0.15) is 0 Å². The standard InChI is InChI=1S/C26H30ClN3O3/c1-5-6-23-22(14-24(31)32)25(16(2)3)30(29-23)15-18-7-10-20(11-8-18)28-26(33)21-12-9-19(27)13-17(21)4/h7-13,16H,5-6,14-15H2,1-4H3,(H,28,33)(H,31,32). The molecule has 7 heteroatoms. The van der Waals surface area contributed by atoms with E-state index in [1.54, 1.807) is 18.2 Å². The fourth-order valence-corrected chi connectivity index (χ4v) is 4.29. The molecule has 0 spiro atoms. The molecule has 0 radical (unpaired) electrons. The molecule has 1 heterocycles. The number of anilines is 1. The Kier molecular flexibility index (Phi) is 7.92. The van der Waals surface area contributed by atoms with E-state index in [1.807, 2.05) is 35.9 Å². The number of hydrogen-bond acceptors (Lipinski definition) is 3. The normalized spacial score (nSPS) is 11.1. The average Bonchev–Trinajstić information content (AvgIpc) is 3.05. The molecule has 2 aromatic carbocycles. The van der Waals surface area contributed by atoms with E-state index in [1.165, 1.54) is 0 Å². The molecule has 0 aliphatic carbocycles. The topological polar surface area (TPSA) is 84.2 Å². The third kappa shape index (κ3) is 6.02. The van der Waals surface area contributed by atoms with E-state index in [2.05, 4.69) is 26.1 Å². The third-order valence-electron chi connectivity index (χ3n) is 5.52. The smallest absolute Gasteiger partial charge is 0.307 e. The van der Waals surface area contributed by atoms with E-state index >= 15 is 0 Å². The second-order valence-electron chi connectivity index (χ2n) is 8.55. The Labute approximate surface area is 199 Å². The maximum atomic E-state index is 12.6. The van der Waals surface area contributed by atoms with Crippen LogP contribution in [0.1, 0.15) is 71.5 Å². The molecule has 0 fully saturated rings. The van der Waals surface area contributed by atoms with E-state index < -0.39 is 5.97 Å². The SMILES string of the molecule is CCCc1nn(Cc2ccc(NC(=O)c3ccc(Cl)cc3C)cc2)c(C(C)C)c1CC(=O)O. The molecule has 174 valence electrons. The number of carbonyl (C=O) groups is 2. The summed E-state index contributed by atoms with van der Waals surface area (Å²) in [5.74, 6) is -0.878. The van der Waals surface area contributed by atoms with Crippen LogP contribution in [0, 0.1) is 6.92 Å². The number of aliphatic carboxylic acids is 1. The maximum Gasteiger partial charge on any atom is 0.307 e. The number of carboxylic acid groups (broad SMARTS) is 1. The Morgan fingerprint density at radius 2 is 1.85 bits per heavy atom. The number of halogens is 1. The van der Waals surface area contributed by atoms with Crippen LogP contribution in [0.25, 0.3) is 0 Å². The Morgan fingerprint density at radius 3 is 2.42 bits per heavy atom. The lowest BCUT2D eigenvalue weighted by atomic mass is 9.99. The molecule has 2 N–H and O–H groups in total. The van der Waals surface area contributed by atoms with Gasteiger partial charge in [0.15, 0.2) is 0 Å². The highest BCUT2D eigenvalue weighted by Crippen LogP contribution is 2.26. The van der Waals surface area contributed by atoms with Crippen LogP contribution < -0.4 is 5.32 Å².